The first kappa shape index (κ1) is 16.1. The molecule has 0 amide bonds. The van der Waals surface area contributed by atoms with E-state index in [9.17, 15) is 15.0 Å². The molecule has 2 aromatic carbocycles. The molecule has 4 rings (SSSR count). The van der Waals surface area contributed by atoms with Gasteiger partial charge >= 0.3 is 5.69 Å². The normalized spacial score (nSPS) is 12.7. The zero-order valence-corrected chi connectivity index (χ0v) is 14.2. The molecule has 134 valence electrons. The maximum atomic E-state index is 12.4. The lowest BCUT2D eigenvalue weighted by atomic mass is 9.98. The number of aromatic nitrogens is 3. The Morgan fingerprint density at radius 1 is 1.12 bits per heavy atom. The monoisotopic (exact) mass is 355 g/mol. The minimum absolute atomic E-state index is 0.00578. The van der Waals surface area contributed by atoms with Gasteiger partial charge in [0.2, 0.25) is 6.79 Å². The van der Waals surface area contributed by atoms with Crippen LogP contribution in [0, 0.1) is 0 Å². The highest BCUT2D eigenvalue weighted by Crippen LogP contribution is 2.38. The summed E-state index contributed by atoms with van der Waals surface area (Å²) in [7, 11) is 0. The Labute approximate surface area is 148 Å². The Morgan fingerprint density at radius 2 is 1.88 bits per heavy atom. The number of hydrogen-bond donors (Lipinski definition) is 3. The average molecular weight is 355 g/mol. The third kappa shape index (κ3) is 2.46. The van der Waals surface area contributed by atoms with Crippen LogP contribution in [0.4, 0.5) is 0 Å². The van der Waals surface area contributed by atoms with E-state index in [1.807, 2.05) is 13.8 Å². The lowest BCUT2D eigenvalue weighted by Crippen LogP contribution is -2.15. The van der Waals surface area contributed by atoms with Crippen molar-refractivity contribution in [2.75, 3.05) is 6.79 Å². The molecule has 3 N–H and O–H groups in total. The highest BCUT2D eigenvalue weighted by molar-refractivity contribution is 5.69. The predicted octanol–water partition coefficient (Wildman–Crippen LogP) is 2.49. The number of nitrogens with one attached hydrogen (secondary N) is 1. The van der Waals surface area contributed by atoms with Gasteiger partial charge in [-0.05, 0) is 29.7 Å². The minimum Gasteiger partial charge on any atom is -0.508 e. The van der Waals surface area contributed by atoms with E-state index in [4.69, 9.17) is 9.47 Å². The number of ether oxygens (including phenoxy) is 2. The van der Waals surface area contributed by atoms with Gasteiger partial charge in [0.15, 0.2) is 17.3 Å². The third-order valence-corrected chi connectivity index (χ3v) is 4.29. The van der Waals surface area contributed by atoms with Gasteiger partial charge < -0.3 is 19.7 Å². The maximum absolute atomic E-state index is 12.4. The molecule has 0 radical (unpaired) electrons. The summed E-state index contributed by atoms with van der Waals surface area (Å²) in [5.41, 5.74) is 1.03. The number of fused-ring (bicyclic) bond motifs is 1. The molecular weight excluding hydrogens is 338 g/mol. The second-order valence-corrected chi connectivity index (χ2v) is 6.31. The summed E-state index contributed by atoms with van der Waals surface area (Å²) >= 11 is 0. The van der Waals surface area contributed by atoms with Crippen molar-refractivity contribution in [3.63, 3.8) is 0 Å². The summed E-state index contributed by atoms with van der Waals surface area (Å²) in [5, 5.41) is 26.8. The standard InChI is InChI=1S/C18H17N3O5/c1-9(2)11-6-12(14(23)7-13(11)22)17-19-20-18(24)21(17)10-3-4-15-16(5-10)26-8-25-15/h3-7,9,22-23H,8H2,1-2H3,(H,20,24). The van der Waals surface area contributed by atoms with Crippen molar-refractivity contribution < 1.29 is 19.7 Å². The molecule has 8 nitrogen and oxygen atoms in total. The van der Waals surface area contributed by atoms with Gasteiger partial charge in [-0.25, -0.2) is 14.5 Å². The maximum Gasteiger partial charge on any atom is 0.348 e. The van der Waals surface area contributed by atoms with Gasteiger partial charge in [0.25, 0.3) is 0 Å². The van der Waals surface area contributed by atoms with Crippen LogP contribution in [-0.2, 0) is 0 Å². The predicted molar refractivity (Wildman–Crippen MR) is 93.2 cm³/mol. The summed E-state index contributed by atoms with van der Waals surface area (Å²) in [6, 6.07) is 7.97. The molecule has 0 saturated carbocycles. The number of aromatic hydroxyl groups is 2. The zero-order valence-electron chi connectivity index (χ0n) is 14.2. The van der Waals surface area contributed by atoms with E-state index < -0.39 is 5.69 Å². The van der Waals surface area contributed by atoms with Crippen molar-refractivity contribution in [2.24, 2.45) is 0 Å². The van der Waals surface area contributed by atoms with E-state index >= 15 is 0 Å². The number of phenolic OH excluding ortho intramolecular Hbond substituents is 2. The highest BCUT2D eigenvalue weighted by atomic mass is 16.7. The van der Waals surface area contributed by atoms with Crippen LogP contribution in [0.15, 0.2) is 35.1 Å². The number of H-pyrrole nitrogens is 1. The van der Waals surface area contributed by atoms with Crippen LogP contribution in [0.5, 0.6) is 23.0 Å². The topological polar surface area (TPSA) is 110 Å². The largest absolute Gasteiger partial charge is 0.508 e. The van der Waals surface area contributed by atoms with Crippen LogP contribution in [0.2, 0.25) is 0 Å². The van der Waals surface area contributed by atoms with Crippen molar-refractivity contribution >= 4 is 0 Å². The Bertz CT molecular complexity index is 1050. The summed E-state index contributed by atoms with van der Waals surface area (Å²) in [6.07, 6.45) is 0. The molecule has 3 aromatic rings. The first-order chi connectivity index (χ1) is 12.5. The van der Waals surface area contributed by atoms with E-state index in [1.165, 1.54) is 10.6 Å². The van der Waals surface area contributed by atoms with Gasteiger partial charge in [-0.3, -0.25) is 0 Å². The van der Waals surface area contributed by atoms with Crippen LogP contribution in [-0.4, -0.2) is 31.8 Å². The number of nitrogens with zero attached hydrogens (tertiary/aromatic N) is 2. The van der Waals surface area contributed by atoms with E-state index in [0.29, 0.717) is 28.3 Å². The molecule has 0 aliphatic carbocycles. The lowest BCUT2D eigenvalue weighted by Gasteiger charge is -2.13. The van der Waals surface area contributed by atoms with Crippen molar-refractivity contribution in [3.8, 4) is 40.1 Å². The molecule has 0 spiro atoms. The average Bonchev–Trinajstić information content (AvgIpc) is 3.20. The molecule has 2 heterocycles. The minimum atomic E-state index is -0.461. The second kappa shape index (κ2) is 5.83. The number of hydrogen-bond acceptors (Lipinski definition) is 6. The van der Waals surface area contributed by atoms with E-state index in [1.54, 1.807) is 24.3 Å². The Kier molecular flexibility index (Phi) is 3.61. The second-order valence-electron chi connectivity index (χ2n) is 6.31. The molecule has 1 aromatic heterocycles. The van der Waals surface area contributed by atoms with E-state index in [2.05, 4.69) is 10.2 Å². The van der Waals surface area contributed by atoms with Gasteiger partial charge in [0.1, 0.15) is 11.5 Å². The van der Waals surface area contributed by atoms with Crippen LogP contribution in [0.3, 0.4) is 0 Å². The molecule has 0 bridgehead atoms. The van der Waals surface area contributed by atoms with Crippen LogP contribution in [0.1, 0.15) is 25.3 Å². The number of benzene rings is 2. The fraction of sp³-hybridized carbons (Fsp3) is 0.222. The molecule has 0 fully saturated rings. The molecule has 1 aliphatic rings. The first-order valence-corrected chi connectivity index (χ1v) is 8.09. The van der Waals surface area contributed by atoms with Crippen molar-refractivity contribution in [2.45, 2.75) is 19.8 Å². The molecule has 8 heteroatoms. The molecule has 26 heavy (non-hydrogen) atoms. The smallest absolute Gasteiger partial charge is 0.348 e. The van der Waals surface area contributed by atoms with E-state index in [0.717, 1.165) is 0 Å². The lowest BCUT2D eigenvalue weighted by molar-refractivity contribution is 0.174. The summed E-state index contributed by atoms with van der Waals surface area (Å²) in [6.45, 7) is 3.97. The molecule has 0 saturated heterocycles. The summed E-state index contributed by atoms with van der Waals surface area (Å²) < 4.78 is 12.0. The quantitative estimate of drug-likeness (QED) is 0.666. The van der Waals surface area contributed by atoms with Gasteiger partial charge in [-0.15, -0.1) is 0 Å². The fourth-order valence-electron chi connectivity index (χ4n) is 2.98. The fourth-order valence-corrected chi connectivity index (χ4v) is 2.98. The molecule has 1 aliphatic heterocycles. The highest BCUT2D eigenvalue weighted by Gasteiger charge is 2.21. The molecule has 0 unspecified atom stereocenters. The Morgan fingerprint density at radius 3 is 2.65 bits per heavy atom. The SMILES string of the molecule is CC(C)c1cc(-c2n[nH]c(=O)n2-c2ccc3c(c2)OCO3)c(O)cc1O. The van der Waals surface area contributed by atoms with Crippen LogP contribution >= 0.6 is 0 Å². The number of aromatic amines is 1. The first-order valence-electron chi connectivity index (χ1n) is 8.09. The number of phenols is 2. The summed E-state index contributed by atoms with van der Waals surface area (Å²) in [4.78, 5) is 12.4. The Balaban J connectivity index is 1.91. The van der Waals surface area contributed by atoms with Crippen molar-refractivity contribution in [1.29, 1.82) is 0 Å². The zero-order chi connectivity index (χ0) is 18.4. The van der Waals surface area contributed by atoms with Gasteiger partial charge in [-0.2, -0.15) is 5.10 Å². The Hall–Kier alpha value is -3.42. The van der Waals surface area contributed by atoms with E-state index in [-0.39, 0.29) is 30.0 Å². The van der Waals surface area contributed by atoms with Crippen molar-refractivity contribution in [3.05, 3.63) is 46.4 Å². The molecular formula is C18H17N3O5. The molecule has 0 atom stereocenters. The van der Waals surface area contributed by atoms with Gasteiger partial charge in [-0.1, -0.05) is 13.8 Å². The van der Waals surface area contributed by atoms with Crippen LogP contribution < -0.4 is 15.2 Å². The third-order valence-electron chi connectivity index (χ3n) is 4.29. The van der Waals surface area contributed by atoms with Gasteiger partial charge in [0, 0.05) is 12.1 Å². The summed E-state index contributed by atoms with van der Waals surface area (Å²) in [5.74, 6) is 1.20. The number of rotatable bonds is 3. The van der Waals surface area contributed by atoms with Crippen LogP contribution in [0.25, 0.3) is 17.1 Å². The van der Waals surface area contributed by atoms with Crippen molar-refractivity contribution in [1.82, 2.24) is 14.8 Å². The van der Waals surface area contributed by atoms with Gasteiger partial charge in [0.05, 0.1) is 11.3 Å².